The molecule has 98 valence electrons. The van der Waals surface area contributed by atoms with Gasteiger partial charge in [0.15, 0.2) is 5.82 Å². The first-order valence-electron chi connectivity index (χ1n) is 6.97. The molecule has 2 aliphatic carbocycles. The zero-order valence-corrected chi connectivity index (χ0v) is 10.7. The second-order valence-electron chi connectivity index (χ2n) is 5.73. The molecule has 4 nitrogen and oxygen atoms in total. The molecule has 1 aromatic heterocycles. The summed E-state index contributed by atoms with van der Waals surface area (Å²) in [5, 5.41) is 4.07. The molecule has 2 aliphatic rings. The predicted molar refractivity (Wildman–Crippen MR) is 70.5 cm³/mol. The van der Waals surface area contributed by atoms with Crippen molar-refractivity contribution in [2.24, 2.45) is 11.7 Å². The third kappa shape index (κ3) is 1.96. The van der Waals surface area contributed by atoms with Crippen LogP contribution in [-0.4, -0.2) is 10.1 Å². The van der Waals surface area contributed by atoms with Crippen molar-refractivity contribution in [1.82, 2.24) is 10.1 Å². The lowest BCUT2D eigenvalue weighted by Gasteiger charge is -2.03. The highest BCUT2D eigenvalue weighted by molar-refractivity contribution is 5.34. The highest BCUT2D eigenvalue weighted by Gasteiger charge is 2.34. The molecule has 0 aliphatic heterocycles. The van der Waals surface area contributed by atoms with Gasteiger partial charge in [-0.2, -0.15) is 4.98 Å². The molecule has 1 aromatic carbocycles. The van der Waals surface area contributed by atoms with E-state index in [1.165, 1.54) is 24.0 Å². The van der Waals surface area contributed by atoms with E-state index in [0.29, 0.717) is 17.7 Å². The van der Waals surface area contributed by atoms with Crippen molar-refractivity contribution in [3.63, 3.8) is 0 Å². The molecule has 2 aromatic rings. The van der Waals surface area contributed by atoms with E-state index in [4.69, 9.17) is 10.3 Å². The van der Waals surface area contributed by atoms with Crippen LogP contribution in [0, 0.1) is 5.92 Å². The van der Waals surface area contributed by atoms with Crippen LogP contribution in [0.5, 0.6) is 0 Å². The fourth-order valence-electron chi connectivity index (χ4n) is 2.95. The van der Waals surface area contributed by atoms with Crippen LogP contribution >= 0.6 is 0 Å². The van der Waals surface area contributed by atoms with E-state index in [9.17, 15) is 0 Å². The van der Waals surface area contributed by atoms with Gasteiger partial charge in [-0.1, -0.05) is 29.4 Å². The largest absolute Gasteiger partial charge is 0.339 e. The first kappa shape index (κ1) is 11.2. The Morgan fingerprint density at radius 2 is 1.84 bits per heavy atom. The Hall–Kier alpha value is -1.68. The van der Waals surface area contributed by atoms with Crippen molar-refractivity contribution >= 4 is 0 Å². The van der Waals surface area contributed by atoms with E-state index in [0.717, 1.165) is 18.7 Å². The van der Waals surface area contributed by atoms with Crippen molar-refractivity contribution in [3.8, 4) is 0 Å². The average molecular weight is 255 g/mol. The summed E-state index contributed by atoms with van der Waals surface area (Å²) in [6.07, 6.45) is 4.38. The third-order valence-corrected chi connectivity index (χ3v) is 4.29. The molecule has 4 rings (SSSR count). The van der Waals surface area contributed by atoms with E-state index in [-0.39, 0.29) is 6.04 Å². The summed E-state index contributed by atoms with van der Waals surface area (Å²) in [4.78, 5) is 4.53. The Kier molecular flexibility index (Phi) is 2.45. The molecule has 1 unspecified atom stereocenters. The lowest BCUT2D eigenvalue weighted by atomic mass is 10.1. The summed E-state index contributed by atoms with van der Waals surface area (Å²) < 4.78 is 5.44. The molecule has 2 N–H and O–H groups in total. The minimum atomic E-state index is -0.0405. The van der Waals surface area contributed by atoms with Gasteiger partial charge in [-0.05, 0) is 42.7 Å². The van der Waals surface area contributed by atoms with Gasteiger partial charge in [0.05, 0.1) is 6.04 Å². The minimum Gasteiger partial charge on any atom is -0.339 e. The molecule has 1 fully saturated rings. The van der Waals surface area contributed by atoms with Gasteiger partial charge in [0.25, 0.3) is 0 Å². The molecule has 0 amide bonds. The van der Waals surface area contributed by atoms with Crippen molar-refractivity contribution in [2.45, 2.75) is 37.6 Å². The molecule has 1 atom stereocenters. The normalized spacial score (nSPS) is 20.5. The number of benzene rings is 1. The van der Waals surface area contributed by atoms with Gasteiger partial charge in [-0.15, -0.1) is 0 Å². The number of fused-ring (bicyclic) bond motifs is 1. The summed E-state index contributed by atoms with van der Waals surface area (Å²) in [6.45, 7) is 0. The van der Waals surface area contributed by atoms with Crippen LogP contribution < -0.4 is 5.73 Å². The lowest BCUT2D eigenvalue weighted by molar-refractivity contribution is 0.348. The maximum absolute atomic E-state index is 6.11. The monoisotopic (exact) mass is 255 g/mol. The van der Waals surface area contributed by atoms with Crippen LogP contribution in [0.2, 0.25) is 0 Å². The second-order valence-corrected chi connectivity index (χ2v) is 5.73. The van der Waals surface area contributed by atoms with Crippen LogP contribution in [-0.2, 0) is 12.8 Å². The topological polar surface area (TPSA) is 64.9 Å². The number of nitrogens with zero attached hydrogens (tertiary/aromatic N) is 2. The van der Waals surface area contributed by atoms with Crippen molar-refractivity contribution in [2.75, 3.05) is 0 Å². The van der Waals surface area contributed by atoms with Gasteiger partial charge in [-0.3, -0.25) is 0 Å². The van der Waals surface area contributed by atoms with E-state index in [2.05, 4.69) is 34.4 Å². The summed E-state index contributed by atoms with van der Waals surface area (Å²) in [7, 11) is 0. The maximum atomic E-state index is 6.11. The number of hydrogen-bond acceptors (Lipinski definition) is 4. The molecule has 0 saturated heterocycles. The van der Waals surface area contributed by atoms with Crippen LogP contribution in [0.4, 0.5) is 0 Å². The Balaban J connectivity index is 1.55. The van der Waals surface area contributed by atoms with Crippen LogP contribution in [0.3, 0.4) is 0 Å². The molecule has 4 heteroatoms. The molecular weight excluding hydrogens is 238 g/mol. The van der Waals surface area contributed by atoms with Crippen molar-refractivity contribution in [1.29, 1.82) is 0 Å². The highest BCUT2D eigenvalue weighted by atomic mass is 16.5. The molecule has 0 radical (unpaired) electrons. The smallest absolute Gasteiger partial charge is 0.230 e. The van der Waals surface area contributed by atoms with Crippen LogP contribution in [0.1, 0.15) is 47.6 Å². The van der Waals surface area contributed by atoms with Gasteiger partial charge < -0.3 is 10.3 Å². The molecular formula is C15H17N3O. The minimum absolute atomic E-state index is 0.0405. The molecule has 19 heavy (non-hydrogen) atoms. The van der Waals surface area contributed by atoms with Gasteiger partial charge in [-0.25, -0.2) is 0 Å². The molecule has 1 saturated carbocycles. The van der Waals surface area contributed by atoms with Gasteiger partial charge in [0.2, 0.25) is 5.89 Å². The van der Waals surface area contributed by atoms with Crippen LogP contribution in [0.25, 0.3) is 0 Å². The number of rotatable bonds is 3. The van der Waals surface area contributed by atoms with Gasteiger partial charge in [0.1, 0.15) is 0 Å². The fourth-order valence-corrected chi connectivity index (χ4v) is 2.95. The quantitative estimate of drug-likeness (QED) is 0.914. The van der Waals surface area contributed by atoms with Crippen LogP contribution in [0.15, 0.2) is 28.8 Å². The molecule has 1 heterocycles. The lowest BCUT2D eigenvalue weighted by Crippen LogP contribution is -2.14. The first-order chi connectivity index (χ1) is 9.31. The average Bonchev–Trinajstić information content (AvgIpc) is 3.01. The Bertz CT molecular complexity index is 578. The number of nitrogens with two attached hydrogens (primary N) is 1. The molecule has 0 bridgehead atoms. The molecule has 0 spiro atoms. The maximum Gasteiger partial charge on any atom is 0.230 e. The van der Waals surface area contributed by atoms with E-state index in [1.54, 1.807) is 0 Å². The van der Waals surface area contributed by atoms with Crippen molar-refractivity contribution in [3.05, 3.63) is 47.1 Å². The summed E-state index contributed by atoms with van der Waals surface area (Å²) >= 11 is 0. The second kappa shape index (κ2) is 4.17. The third-order valence-electron chi connectivity index (χ3n) is 4.29. The van der Waals surface area contributed by atoms with E-state index in [1.807, 2.05) is 0 Å². The highest BCUT2D eigenvalue weighted by Crippen LogP contribution is 2.39. The zero-order valence-electron chi connectivity index (χ0n) is 10.7. The van der Waals surface area contributed by atoms with E-state index < -0.39 is 0 Å². The zero-order chi connectivity index (χ0) is 12.8. The fraction of sp³-hybridized carbons (Fsp3) is 0.467. The van der Waals surface area contributed by atoms with Crippen molar-refractivity contribution < 1.29 is 4.52 Å². The first-order valence-corrected chi connectivity index (χ1v) is 6.97. The SMILES string of the molecule is NC(c1noc(C2Cc3ccccc3C2)n1)C1CC1. The van der Waals surface area contributed by atoms with Gasteiger partial charge in [0, 0.05) is 5.92 Å². The summed E-state index contributed by atoms with van der Waals surface area (Å²) in [6, 6.07) is 8.50. The Morgan fingerprint density at radius 1 is 1.16 bits per heavy atom. The summed E-state index contributed by atoms with van der Waals surface area (Å²) in [5.74, 6) is 2.33. The summed E-state index contributed by atoms with van der Waals surface area (Å²) in [5.41, 5.74) is 8.91. The van der Waals surface area contributed by atoms with Gasteiger partial charge >= 0.3 is 0 Å². The van der Waals surface area contributed by atoms with E-state index >= 15 is 0 Å². The Morgan fingerprint density at radius 3 is 2.47 bits per heavy atom. The predicted octanol–water partition coefficient (Wildman–Crippen LogP) is 2.36. The number of aromatic nitrogens is 2. The standard InChI is InChI=1S/C15H17N3O/c16-13(9-5-6-9)14-17-15(19-18-14)12-7-10-3-1-2-4-11(10)8-12/h1-4,9,12-13H,5-8,16H2. The number of hydrogen-bond donors (Lipinski definition) is 1. The Labute approximate surface area is 112 Å².